The topological polar surface area (TPSA) is 69.6 Å². The van der Waals surface area contributed by atoms with E-state index in [0.717, 1.165) is 15.4 Å². The SMILES string of the molecule is O=C(O)C1CCN(C(=O)NCc2ccc(Sc3ccc(F)cc3)cc2)C1. The van der Waals surface area contributed by atoms with Gasteiger partial charge in [-0.2, -0.15) is 0 Å². The number of benzene rings is 2. The highest BCUT2D eigenvalue weighted by atomic mass is 32.2. The molecule has 1 saturated heterocycles. The zero-order valence-electron chi connectivity index (χ0n) is 14.0. The van der Waals surface area contributed by atoms with E-state index in [1.54, 1.807) is 12.1 Å². The molecule has 0 aromatic heterocycles. The molecule has 136 valence electrons. The Morgan fingerprint density at radius 2 is 1.73 bits per heavy atom. The Kier molecular flexibility index (Phi) is 5.78. The maximum Gasteiger partial charge on any atom is 0.317 e. The number of amides is 2. The summed E-state index contributed by atoms with van der Waals surface area (Å²) < 4.78 is 12.9. The van der Waals surface area contributed by atoms with E-state index in [-0.39, 0.29) is 18.4 Å². The number of carbonyl (C=O) groups is 2. The summed E-state index contributed by atoms with van der Waals surface area (Å²) in [4.78, 5) is 26.6. The number of carboxylic acids is 1. The number of rotatable bonds is 5. The largest absolute Gasteiger partial charge is 0.481 e. The molecule has 2 amide bonds. The van der Waals surface area contributed by atoms with Crippen LogP contribution in [0.25, 0.3) is 0 Å². The summed E-state index contributed by atoms with van der Waals surface area (Å²) in [6.07, 6.45) is 0.498. The summed E-state index contributed by atoms with van der Waals surface area (Å²) in [5, 5.41) is 11.8. The van der Waals surface area contributed by atoms with Gasteiger partial charge in [-0.3, -0.25) is 4.79 Å². The van der Waals surface area contributed by atoms with Gasteiger partial charge in [0.25, 0.3) is 0 Å². The van der Waals surface area contributed by atoms with Gasteiger partial charge in [0.1, 0.15) is 5.82 Å². The van der Waals surface area contributed by atoms with Crippen molar-refractivity contribution in [2.75, 3.05) is 13.1 Å². The molecule has 1 unspecified atom stereocenters. The highest BCUT2D eigenvalue weighted by Crippen LogP contribution is 2.27. The van der Waals surface area contributed by atoms with Crippen LogP contribution >= 0.6 is 11.8 Å². The minimum absolute atomic E-state index is 0.237. The van der Waals surface area contributed by atoms with Crippen LogP contribution in [0.3, 0.4) is 0 Å². The minimum Gasteiger partial charge on any atom is -0.481 e. The van der Waals surface area contributed by atoms with Crippen molar-refractivity contribution in [1.29, 1.82) is 0 Å². The third-order valence-electron chi connectivity index (χ3n) is 4.24. The molecule has 0 aliphatic carbocycles. The Bertz CT molecular complexity index is 780. The Balaban J connectivity index is 1.49. The first-order chi connectivity index (χ1) is 12.5. The zero-order chi connectivity index (χ0) is 18.5. The van der Waals surface area contributed by atoms with Crippen molar-refractivity contribution in [3.63, 3.8) is 0 Å². The van der Waals surface area contributed by atoms with Gasteiger partial charge in [-0.1, -0.05) is 23.9 Å². The van der Waals surface area contributed by atoms with Gasteiger partial charge in [0.15, 0.2) is 0 Å². The summed E-state index contributed by atoms with van der Waals surface area (Å²) in [6.45, 7) is 1.11. The summed E-state index contributed by atoms with van der Waals surface area (Å²) in [5.41, 5.74) is 0.954. The van der Waals surface area contributed by atoms with Crippen LogP contribution in [-0.4, -0.2) is 35.1 Å². The van der Waals surface area contributed by atoms with E-state index >= 15 is 0 Å². The van der Waals surface area contributed by atoms with E-state index in [9.17, 15) is 14.0 Å². The maximum absolute atomic E-state index is 12.9. The monoisotopic (exact) mass is 374 g/mol. The van der Waals surface area contributed by atoms with Crippen molar-refractivity contribution < 1.29 is 19.1 Å². The lowest BCUT2D eigenvalue weighted by Crippen LogP contribution is -2.38. The van der Waals surface area contributed by atoms with Crippen LogP contribution in [0.2, 0.25) is 0 Å². The number of hydrogen-bond donors (Lipinski definition) is 2. The summed E-state index contributed by atoms with van der Waals surface area (Å²) in [5.74, 6) is -1.58. The van der Waals surface area contributed by atoms with Crippen LogP contribution in [0, 0.1) is 11.7 Å². The molecule has 2 aromatic carbocycles. The van der Waals surface area contributed by atoms with Crippen molar-refractivity contribution in [1.82, 2.24) is 10.2 Å². The number of carbonyl (C=O) groups excluding carboxylic acids is 1. The second kappa shape index (κ2) is 8.23. The van der Waals surface area contributed by atoms with E-state index < -0.39 is 11.9 Å². The molecule has 0 radical (unpaired) electrons. The van der Waals surface area contributed by atoms with Crippen LogP contribution in [0.4, 0.5) is 9.18 Å². The van der Waals surface area contributed by atoms with E-state index in [4.69, 9.17) is 5.11 Å². The molecule has 1 fully saturated rings. The summed E-state index contributed by atoms with van der Waals surface area (Å²) >= 11 is 1.53. The highest BCUT2D eigenvalue weighted by Gasteiger charge is 2.30. The number of hydrogen-bond acceptors (Lipinski definition) is 3. The fraction of sp³-hybridized carbons (Fsp3) is 0.263. The minimum atomic E-state index is -0.852. The number of aliphatic carboxylic acids is 1. The Labute approximate surface area is 155 Å². The van der Waals surface area contributed by atoms with Crippen molar-refractivity contribution in [2.45, 2.75) is 22.8 Å². The normalized spacial score (nSPS) is 16.5. The fourth-order valence-electron chi connectivity index (χ4n) is 2.75. The van der Waals surface area contributed by atoms with Gasteiger partial charge in [-0.25, -0.2) is 9.18 Å². The van der Waals surface area contributed by atoms with Crippen molar-refractivity contribution in [2.24, 2.45) is 5.92 Å². The number of likely N-dealkylation sites (tertiary alicyclic amines) is 1. The molecule has 2 N–H and O–H groups in total. The van der Waals surface area contributed by atoms with Gasteiger partial charge in [0.05, 0.1) is 5.92 Å². The molecule has 1 heterocycles. The zero-order valence-corrected chi connectivity index (χ0v) is 14.8. The van der Waals surface area contributed by atoms with E-state index in [2.05, 4.69) is 5.32 Å². The van der Waals surface area contributed by atoms with Crippen LogP contribution in [0.1, 0.15) is 12.0 Å². The number of halogens is 1. The van der Waals surface area contributed by atoms with Crippen LogP contribution < -0.4 is 5.32 Å². The molecule has 1 aliphatic heterocycles. The molecule has 26 heavy (non-hydrogen) atoms. The molecule has 0 bridgehead atoms. The first kappa shape index (κ1) is 18.3. The van der Waals surface area contributed by atoms with E-state index in [1.165, 1.54) is 28.8 Å². The highest BCUT2D eigenvalue weighted by molar-refractivity contribution is 7.99. The second-order valence-corrected chi connectivity index (χ2v) is 7.28. The third-order valence-corrected chi connectivity index (χ3v) is 5.26. The maximum atomic E-state index is 12.9. The first-order valence-corrected chi connectivity index (χ1v) is 9.11. The molecule has 7 heteroatoms. The molecular formula is C19H19FN2O3S. The molecule has 5 nitrogen and oxygen atoms in total. The lowest BCUT2D eigenvalue weighted by atomic mass is 10.1. The summed E-state index contributed by atoms with van der Waals surface area (Å²) in [7, 11) is 0. The standard InChI is InChI=1S/C19H19FN2O3S/c20-15-3-7-17(8-4-15)26-16-5-1-13(2-6-16)11-21-19(25)22-10-9-14(12-22)18(23)24/h1-8,14H,9-12H2,(H,21,25)(H,23,24). The predicted molar refractivity (Wildman–Crippen MR) is 96.5 cm³/mol. The molecule has 3 rings (SSSR count). The Morgan fingerprint density at radius 3 is 2.31 bits per heavy atom. The van der Waals surface area contributed by atoms with Crippen molar-refractivity contribution in [3.8, 4) is 0 Å². The third kappa shape index (κ3) is 4.76. The van der Waals surface area contributed by atoms with Gasteiger partial charge >= 0.3 is 12.0 Å². The van der Waals surface area contributed by atoms with Crippen LogP contribution in [0.15, 0.2) is 58.3 Å². The van der Waals surface area contributed by atoms with Crippen molar-refractivity contribution >= 4 is 23.8 Å². The van der Waals surface area contributed by atoms with Crippen LogP contribution in [-0.2, 0) is 11.3 Å². The van der Waals surface area contributed by atoms with E-state index in [1.807, 2.05) is 24.3 Å². The second-order valence-electron chi connectivity index (χ2n) is 6.13. The number of nitrogens with zero attached hydrogens (tertiary/aromatic N) is 1. The molecule has 1 atom stereocenters. The van der Waals surface area contributed by atoms with Gasteiger partial charge < -0.3 is 15.3 Å². The first-order valence-electron chi connectivity index (χ1n) is 8.29. The quantitative estimate of drug-likeness (QED) is 0.839. The van der Waals surface area contributed by atoms with Gasteiger partial charge in [-0.15, -0.1) is 0 Å². The lowest BCUT2D eigenvalue weighted by Gasteiger charge is -2.16. The fourth-order valence-corrected chi connectivity index (χ4v) is 3.57. The molecule has 2 aromatic rings. The predicted octanol–water partition coefficient (Wildman–Crippen LogP) is 3.59. The summed E-state index contributed by atoms with van der Waals surface area (Å²) in [6, 6.07) is 13.8. The van der Waals surface area contributed by atoms with Crippen LogP contribution in [0.5, 0.6) is 0 Å². The number of carboxylic acid groups (broad SMARTS) is 1. The smallest absolute Gasteiger partial charge is 0.317 e. The Morgan fingerprint density at radius 1 is 1.12 bits per heavy atom. The number of urea groups is 1. The molecule has 1 aliphatic rings. The molecule has 0 saturated carbocycles. The molecule has 0 spiro atoms. The Hall–Kier alpha value is -2.54. The van der Waals surface area contributed by atoms with Gasteiger partial charge in [0, 0.05) is 29.4 Å². The average Bonchev–Trinajstić information content (AvgIpc) is 3.13. The lowest BCUT2D eigenvalue weighted by molar-refractivity contribution is -0.141. The average molecular weight is 374 g/mol. The van der Waals surface area contributed by atoms with Gasteiger partial charge in [-0.05, 0) is 48.4 Å². The van der Waals surface area contributed by atoms with Gasteiger partial charge in [0.2, 0.25) is 0 Å². The van der Waals surface area contributed by atoms with E-state index in [0.29, 0.717) is 19.5 Å². The molecular weight excluding hydrogens is 355 g/mol. The number of nitrogens with one attached hydrogen (secondary N) is 1. The van der Waals surface area contributed by atoms with Crippen molar-refractivity contribution in [3.05, 3.63) is 59.9 Å².